The largest absolute Gasteiger partial charge is 0.388 e. The first-order valence-electron chi connectivity index (χ1n) is 9.48. The number of nitrogens with zero attached hydrogens (tertiary/aromatic N) is 1. The molecule has 0 aliphatic carbocycles. The highest BCUT2D eigenvalue weighted by molar-refractivity contribution is 5.62. The molecule has 0 aliphatic heterocycles. The van der Waals surface area contributed by atoms with Crippen molar-refractivity contribution in [3.05, 3.63) is 53.9 Å². The fourth-order valence-corrected chi connectivity index (χ4v) is 2.96. The van der Waals surface area contributed by atoms with Crippen LogP contribution in [0.3, 0.4) is 0 Å². The Kier molecular flexibility index (Phi) is 7.97. The minimum absolute atomic E-state index is 0.364. The summed E-state index contributed by atoms with van der Waals surface area (Å²) in [5.74, 6) is 0. The first-order valence-corrected chi connectivity index (χ1v) is 9.48. The Morgan fingerprint density at radius 2 is 1.50 bits per heavy atom. The lowest BCUT2D eigenvalue weighted by atomic mass is 10.0. The van der Waals surface area contributed by atoms with Crippen LogP contribution < -0.4 is 0 Å². The topological polar surface area (TPSA) is 33.1 Å². The van der Waals surface area contributed by atoms with Gasteiger partial charge in [0.2, 0.25) is 0 Å². The smallest absolute Gasteiger partial charge is 0.0787 e. The summed E-state index contributed by atoms with van der Waals surface area (Å²) in [6.07, 6.45) is 11.4. The third-order valence-corrected chi connectivity index (χ3v) is 4.63. The van der Waals surface area contributed by atoms with E-state index in [1.807, 2.05) is 25.3 Å². The number of aliphatic hydroxyl groups is 1. The predicted molar refractivity (Wildman–Crippen MR) is 102 cm³/mol. The Labute approximate surface area is 147 Å². The molecule has 0 bridgehead atoms. The molecular weight excluding hydrogens is 294 g/mol. The van der Waals surface area contributed by atoms with Gasteiger partial charge >= 0.3 is 0 Å². The summed E-state index contributed by atoms with van der Waals surface area (Å²) in [4.78, 5) is 4.61. The van der Waals surface area contributed by atoms with E-state index < -0.39 is 0 Å². The van der Waals surface area contributed by atoms with Crippen molar-refractivity contribution in [3.63, 3.8) is 0 Å². The lowest BCUT2D eigenvalue weighted by Crippen LogP contribution is -1.95. The summed E-state index contributed by atoms with van der Waals surface area (Å²) < 4.78 is 0. The molecule has 0 amide bonds. The lowest BCUT2D eigenvalue weighted by Gasteiger charge is -2.09. The van der Waals surface area contributed by atoms with E-state index in [-0.39, 0.29) is 6.10 Å². The molecule has 0 fully saturated rings. The summed E-state index contributed by atoms with van der Waals surface area (Å²) in [6, 6.07) is 12.5. The van der Waals surface area contributed by atoms with E-state index in [1.54, 1.807) is 0 Å². The van der Waals surface area contributed by atoms with Crippen LogP contribution >= 0.6 is 0 Å². The third kappa shape index (κ3) is 5.76. The summed E-state index contributed by atoms with van der Waals surface area (Å²) in [5.41, 5.74) is 4.46. The van der Waals surface area contributed by atoms with Crippen LogP contribution in [0.4, 0.5) is 0 Å². The fourth-order valence-electron chi connectivity index (χ4n) is 2.96. The number of hydrogen-bond acceptors (Lipinski definition) is 2. The van der Waals surface area contributed by atoms with E-state index in [1.165, 1.54) is 44.2 Å². The van der Waals surface area contributed by atoms with Crippen molar-refractivity contribution >= 4 is 0 Å². The molecule has 0 saturated carbocycles. The number of pyridine rings is 1. The van der Waals surface area contributed by atoms with Crippen LogP contribution in [0.5, 0.6) is 0 Å². The van der Waals surface area contributed by atoms with Crippen LogP contribution in [-0.2, 0) is 6.42 Å². The second-order valence-corrected chi connectivity index (χ2v) is 6.60. The zero-order valence-corrected chi connectivity index (χ0v) is 15.2. The lowest BCUT2D eigenvalue weighted by molar-refractivity contribution is 0.173. The average Bonchev–Trinajstić information content (AvgIpc) is 2.64. The van der Waals surface area contributed by atoms with Crippen molar-refractivity contribution in [2.45, 2.75) is 71.3 Å². The van der Waals surface area contributed by atoms with E-state index in [9.17, 15) is 5.11 Å². The Hall–Kier alpha value is -1.67. The highest BCUT2D eigenvalue weighted by Gasteiger charge is 2.05. The van der Waals surface area contributed by atoms with E-state index in [0.29, 0.717) is 0 Å². The highest BCUT2D eigenvalue weighted by atomic mass is 16.3. The molecule has 2 nitrogen and oxygen atoms in total. The number of unbranched alkanes of at least 4 members (excludes halogenated alkanes) is 5. The van der Waals surface area contributed by atoms with Gasteiger partial charge in [-0.1, -0.05) is 76.3 Å². The maximum Gasteiger partial charge on any atom is 0.0787 e. The predicted octanol–water partition coefficient (Wildman–Crippen LogP) is 6.10. The molecule has 1 unspecified atom stereocenters. The van der Waals surface area contributed by atoms with Crippen LogP contribution in [0.15, 0.2) is 42.6 Å². The highest BCUT2D eigenvalue weighted by Crippen LogP contribution is 2.23. The van der Waals surface area contributed by atoms with Gasteiger partial charge in [0.05, 0.1) is 6.10 Å². The summed E-state index contributed by atoms with van der Waals surface area (Å²) in [7, 11) is 0. The van der Waals surface area contributed by atoms with Crippen molar-refractivity contribution < 1.29 is 5.11 Å². The fraction of sp³-hybridized carbons (Fsp3) is 0.500. The number of benzene rings is 1. The van der Waals surface area contributed by atoms with Crippen molar-refractivity contribution in [1.82, 2.24) is 4.98 Å². The molecule has 0 aliphatic rings. The van der Waals surface area contributed by atoms with Gasteiger partial charge in [-0.2, -0.15) is 0 Å². The van der Waals surface area contributed by atoms with Crippen molar-refractivity contribution in [2.75, 3.05) is 0 Å². The SMILES string of the molecule is CCCCCCCCc1ccc(-c2ccc(C(O)CC)cc2)cn1. The number of aliphatic hydroxyl groups excluding tert-OH is 1. The molecular formula is C22H31NO. The Morgan fingerprint density at radius 3 is 2.12 bits per heavy atom. The minimum Gasteiger partial charge on any atom is -0.388 e. The van der Waals surface area contributed by atoms with Gasteiger partial charge in [0.25, 0.3) is 0 Å². The third-order valence-electron chi connectivity index (χ3n) is 4.63. The monoisotopic (exact) mass is 325 g/mol. The number of rotatable bonds is 10. The first kappa shape index (κ1) is 18.7. The van der Waals surface area contributed by atoms with Gasteiger partial charge in [-0.3, -0.25) is 4.98 Å². The summed E-state index contributed by atoms with van der Waals surface area (Å²) >= 11 is 0. The molecule has 0 saturated heterocycles. The van der Waals surface area contributed by atoms with Crippen LogP contribution in [0.1, 0.15) is 76.2 Å². The van der Waals surface area contributed by atoms with Crippen LogP contribution in [0.2, 0.25) is 0 Å². The first-order chi connectivity index (χ1) is 11.7. The van der Waals surface area contributed by atoms with Gasteiger partial charge in [-0.05, 0) is 36.5 Å². The Balaban J connectivity index is 1.85. The van der Waals surface area contributed by atoms with Crippen LogP contribution in [-0.4, -0.2) is 10.1 Å². The quantitative estimate of drug-likeness (QED) is 0.536. The van der Waals surface area contributed by atoms with Crippen molar-refractivity contribution in [3.8, 4) is 11.1 Å². The standard InChI is InChI=1S/C22H31NO/c1-3-5-6-7-8-9-10-21-16-15-20(17-23-21)18-11-13-19(14-12-18)22(24)4-2/h11-17,22,24H,3-10H2,1-2H3. The molecule has 0 spiro atoms. The summed E-state index contributed by atoms with van der Waals surface area (Å²) in [5, 5.41) is 9.87. The molecule has 1 N–H and O–H groups in total. The zero-order valence-electron chi connectivity index (χ0n) is 15.2. The number of aromatic nitrogens is 1. The van der Waals surface area contributed by atoms with E-state index in [2.05, 4.69) is 36.2 Å². The molecule has 0 radical (unpaired) electrons. The molecule has 2 rings (SSSR count). The zero-order chi connectivity index (χ0) is 17.2. The van der Waals surface area contributed by atoms with Gasteiger partial charge in [-0.15, -0.1) is 0 Å². The molecule has 1 aromatic carbocycles. The Bertz CT molecular complexity index is 574. The van der Waals surface area contributed by atoms with Crippen molar-refractivity contribution in [1.29, 1.82) is 0 Å². The average molecular weight is 325 g/mol. The van der Waals surface area contributed by atoms with E-state index in [0.717, 1.165) is 29.5 Å². The van der Waals surface area contributed by atoms with Crippen LogP contribution in [0, 0.1) is 0 Å². The molecule has 1 atom stereocenters. The van der Waals surface area contributed by atoms with Crippen molar-refractivity contribution in [2.24, 2.45) is 0 Å². The van der Waals surface area contributed by atoms with E-state index in [4.69, 9.17) is 0 Å². The molecule has 2 aromatic rings. The molecule has 24 heavy (non-hydrogen) atoms. The Morgan fingerprint density at radius 1 is 0.833 bits per heavy atom. The summed E-state index contributed by atoms with van der Waals surface area (Å²) in [6.45, 7) is 4.25. The van der Waals surface area contributed by atoms with Gasteiger partial charge < -0.3 is 5.11 Å². The molecule has 1 aromatic heterocycles. The van der Waals surface area contributed by atoms with Gasteiger partial charge in [0.1, 0.15) is 0 Å². The van der Waals surface area contributed by atoms with Gasteiger partial charge in [-0.25, -0.2) is 0 Å². The van der Waals surface area contributed by atoms with E-state index >= 15 is 0 Å². The second kappa shape index (κ2) is 10.2. The van der Waals surface area contributed by atoms with Gasteiger partial charge in [0.15, 0.2) is 0 Å². The van der Waals surface area contributed by atoms with Gasteiger partial charge in [0, 0.05) is 17.5 Å². The molecule has 2 heteroatoms. The number of hydrogen-bond donors (Lipinski definition) is 1. The maximum atomic E-state index is 9.87. The van der Waals surface area contributed by atoms with Crippen LogP contribution in [0.25, 0.3) is 11.1 Å². The number of aryl methyl sites for hydroxylation is 1. The normalized spacial score (nSPS) is 12.3. The second-order valence-electron chi connectivity index (χ2n) is 6.60. The molecule has 1 heterocycles. The molecule has 130 valence electrons. The maximum absolute atomic E-state index is 9.87. The minimum atomic E-state index is -0.364.